The number of carbonyl (C=O) groups is 1. The summed E-state index contributed by atoms with van der Waals surface area (Å²) in [5, 5.41) is 5.64. The molecule has 1 aromatic heterocycles. The molecule has 1 unspecified atom stereocenters. The normalized spacial score (nSPS) is 12.5. The second-order valence-corrected chi connectivity index (χ2v) is 5.46. The highest BCUT2D eigenvalue weighted by Gasteiger charge is 2.30. The molecule has 0 saturated carbocycles. The van der Waals surface area contributed by atoms with Crippen LogP contribution in [0.15, 0.2) is 42.6 Å². The molecular weight excluding hydrogens is 335 g/mol. The summed E-state index contributed by atoms with van der Waals surface area (Å²) < 4.78 is 42.9. The molecule has 1 amide bonds. The Balaban J connectivity index is 1.97. The van der Waals surface area contributed by atoms with Crippen molar-refractivity contribution in [1.82, 2.24) is 10.3 Å². The van der Waals surface area contributed by atoms with Crippen molar-refractivity contribution in [3.05, 3.63) is 48.2 Å². The van der Waals surface area contributed by atoms with Crippen molar-refractivity contribution in [2.75, 3.05) is 18.9 Å². The number of alkyl halides is 3. The molecule has 5 nitrogen and oxygen atoms in total. The third-order valence-corrected chi connectivity index (χ3v) is 3.37. The van der Waals surface area contributed by atoms with Crippen LogP contribution in [0.3, 0.4) is 0 Å². The fourth-order valence-corrected chi connectivity index (χ4v) is 2.01. The van der Waals surface area contributed by atoms with Crippen molar-refractivity contribution in [2.45, 2.75) is 13.1 Å². The van der Waals surface area contributed by atoms with E-state index in [9.17, 15) is 18.0 Å². The molecule has 0 saturated heterocycles. The van der Waals surface area contributed by atoms with Gasteiger partial charge in [-0.05, 0) is 37.4 Å². The summed E-state index contributed by atoms with van der Waals surface area (Å²) in [6.07, 6.45) is -2.97. The second kappa shape index (κ2) is 7.98. The van der Waals surface area contributed by atoms with E-state index >= 15 is 0 Å². The molecule has 1 atom stereocenters. The maximum atomic E-state index is 12.5. The molecule has 0 aliphatic heterocycles. The quantitative estimate of drug-likeness (QED) is 0.831. The first kappa shape index (κ1) is 18.7. The Bertz CT molecular complexity index is 701. The first-order chi connectivity index (χ1) is 11.8. The molecule has 134 valence electrons. The number of rotatable bonds is 6. The number of anilines is 1. The Morgan fingerprint density at radius 1 is 1.20 bits per heavy atom. The topological polar surface area (TPSA) is 63.2 Å². The number of amides is 1. The molecule has 0 bridgehead atoms. The van der Waals surface area contributed by atoms with E-state index in [1.807, 2.05) is 0 Å². The monoisotopic (exact) mass is 353 g/mol. The summed E-state index contributed by atoms with van der Waals surface area (Å²) in [6, 6.07) is 7.45. The van der Waals surface area contributed by atoms with Crippen LogP contribution in [0.5, 0.6) is 11.6 Å². The van der Waals surface area contributed by atoms with Gasteiger partial charge in [-0.15, -0.1) is 0 Å². The minimum absolute atomic E-state index is 0.146. The molecule has 2 rings (SSSR count). The van der Waals surface area contributed by atoms with E-state index in [-0.39, 0.29) is 23.5 Å². The number of aromatic nitrogens is 1. The van der Waals surface area contributed by atoms with Crippen molar-refractivity contribution in [3.63, 3.8) is 0 Å². The van der Waals surface area contributed by atoms with E-state index in [1.54, 1.807) is 20.0 Å². The van der Waals surface area contributed by atoms with Gasteiger partial charge in [-0.25, -0.2) is 4.98 Å². The largest absolute Gasteiger partial charge is 0.439 e. The molecule has 0 fully saturated rings. The average molecular weight is 353 g/mol. The van der Waals surface area contributed by atoms with Crippen molar-refractivity contribution >= 4 is 11.6 Å². The lowest BCUT2D eigenvalue weighted by Crippen LogP contribution is -2.28. The number of hydrogen-bond acceptors (Lipinski definition) is 4. The van der Waals surface area contributed by atoms with Gasteiger partial charge in [0.25, 0.3) is 0 Å². The van der Waals surface area contributed by atoms with Crippen LogP contribution < -0.4 is 15.4 Å². The van der Waals surface area contributed by atoms with Gasteiger partial charge in [0.15, 0.2) is 0 Å². The van der Waals surface area contributed by atoms with Gasteiger partial charge in [0.2, 0.25) is 11.8 Å². The minimum atomic E-state index is -4.39. The van der Waals surface area contributed by atoms with E-state index in [0.29, 0.717) is 12.2 Å². The Morgan fingerprint density at radius 2 is 1.88 bits per heavy atom. The Kier molecular flexibility index (Phi) is 5.97. The lowest BCUT2D eigenvalue weighted by Gasteiger charge is -2.12. The summed E-state index contributed by atoms with van der Waals surface area (Å²) in [5.41, 5.74) is -0.241. The van der Waals surface area contributed by atoms with Crippen LogP contribution in [0.1, 0.15) is 12.5 Å². The highest BCUT2D eigenvalue weighted by Crippen LogP contribution is 2.31. The number of benzene rings is 1. The van der Waals surface area contributed by atoms with Crippen LogP contribution in [-0.4, -0.2) is 24.5 Å². The van der Waals surface area contributed by atoms with E-state index in [0.717, 1.165) is 12.1 Å². The van der Waals surface area contributed by atoms with Gasteiger partial charge in [-0.1, -0.05) is 6.92 Å². The highest BCUT2D eigenvalue weighted by molar-refractivity contribution is 5.92. The van der Waals surface area contributed by atoms with Gasteiger partial charge in [0, 0.05) is 18.5 Å². The first-order valence-corrected chi connectivity index (χ1v) is 7.56. The van der Waals surface area contributed by atoms with Gasteiger partial charge in [-0.3, -0.25) is 4.79 Å². The maximum Gasteiger partial charge on any atom is 0.416 e. The number of ether oxygens (including phenoxy) is 1. The fourth-order valence-electron chi connectivity index (χ4n) is 2.01. The Labute approximate surface area is 143 Å². The third kappa shape index (κ3) is 5.46. The number of nitrogens with one attached hydrogen (secondary N) is 2. The second-order valence-electron chi connectivity index (χ2n) is 5.46. The first-order valence-electron chi connectivity index (χ1n) is 7.56. The van der Waals surface area contributed by atoms with Crippen LogP contribution in [-0.2, 0) is 11.0 Å². The number of pyridine rings is 1. The molecule has 0 aliphatic rings. The Hall–Kier alpha value is -2.61. The van der Waals surface area contributed by atoms with Gasteiger partial charge < -0.3 is 15.4 Å². The summed E-state index contributed by atoms with van der Waals surface area (Å²) in [4.78, 5) is 15.9. The van der Waals surface area contributed by atoms with Crippen LogP contribution in [0, 0.1) is 5.92 Å². The molecule has 0 aliphatic carbocycles. The average Bonchev–Trinajstić information content (AvgIpc) is 2.56. The summed E-state index contributed by atoms with van der Waals surface area (Å²) in [7, 11) is 1.76. The van der Waals surface area contributed by atoms with Gasteiger partial charge in [0.1, 0.15) is 5.75 Å². The van der Waals surface area contributed by atoms with Gasteiger partial charge >= 0.3 is 6.18 Å². The number of hydrogen-bond donors (Lipinski definition) is 2. The molecular formula is C17H18F3N3O2. The molecule has 1 heterocycles. The van der Waals surface area contributed by atoms with E-state index in [4.69, 9.17) is 4.74 Å². The predicted molar refractivity (Wildman–Crippen MR) is 87.5 cm³/mol. The molecule has 8 heteroatoms. The number of carbonyl (C=O) groups excluding carboxylic acids is 1. The lowest BCUT2D eigenvalue weighted by atomic mass is 10.1. The highest BCUT2D eigenvalue weighted by atomic mass is 19.4. The van der Waals surface area contributed by atoms with Crippen molar-refractivity contribution < 1.29 is 22.7 Å². The minimum Gasteiger partial charge on any atom is -0.439 e. The van der Waals surface area contributed by atoms with Gasteiger partial charge in [-0.2, -0.15) is 13.2 Å². The standard InChI is InChI=1S/C17H18F3N3O2/c1-11(9-21-2)16(24)23-13-5-8-15(22-10-13)25-14-6-3-12(4-7-14)17(18,19)20/h3-8,10-11,21H,9H2,1-2H3,(H,23,24). The predicted octanol–water partition coefficient (Wildman–Crippen LogP) is 3.69. The molecule has 2 aromatic rings. The maximum absolute atomic E-state index is 12.5. The zero-order chi connectivity index (χ0) is 18.4. The summed E-state index contributed by atoms with van der Waals surface area (Å²) >= 11 is 0. The molecule has 25 heavy (non-hydrogen) atoms. The molecule has 0 spiro atoms. The summed E-state index contributed by atoms with van der Waals surface area (Å²) in [5.74, 6) is 0.0987. The molecule has 1 aromatic carbocycles. The van der Waals surface area contributed by atoms with E-state index < -0.39 is 11.7 Å². The number of nitrogens with zero attached hydrogens (tertiary/aromatic N) is 1. The molecule has 0 radical (unpaired) electrons. The smallest absolute Gasteiger partial charge is 0.416 e. The zero-order valence-electron chi connectivity index (χ0n) is 13.7. The Morgan fingerprint density at radius 3 is 2.40 bits per heavy atom. The van der Waals surface area contributed by atoms with E-state index in [2.05, 4.69) is 15.6 Å². The van der Waals surface area contributed by atoms with Crippen LogP contribution in [0.25, 0.3) is 0 Å². The summed E-state index contributed by atoms with van der Waals surface area (Å²) in [6.45, 7) is 2.34. The zero-order valence-corrected chi connectivity index (χ0v) is 13.7. The van der Waals surface area contributed by atoms with Crippen molar-refractivity contribution in [2.24, 2.45) is 5.92 Å². The van der Waals surface area contributed by atoms with Crippen LogP contribution in [0.2, 0.25) is 0 Å². The number of halogens is 3. The third-order valence-electron chi connectivity index (χ3n) is 3.37. The van der Waals surface area contributed by atoms with Gasteiger partial charge in [0.05, 0.1) is 17.4 Å². The van der Waals surface area contributed by atoms with Crippen molar-refractivity contribution in [1.29, 1.82) is 0 Å². The molecule has 2 N–H and O–H groups in total. The fraction of sp³-hybridized carbons (Fsp3) is 0.294. The lowest BCUT2D eigenvalue weighted by molar-refractivity contribution is -0.137. The van der Waals surface area contributed by atoms with E-state index in [1.165, 1.54) is 24.4 Å². The van der Waals surface area contributed by atoms with Crippen LogP contribution in [0.4, 0.5) is 18.9 Å². The van der Waals surface area contributed by atoms with Crippen molar-refractivity contribution in [3.8, 4) is 11.6 Å². The SMILES string of the molecule is CNCC(C)C(=O)Nc1ccc(Oc2ccc(C(F)(F)F)cc2)nc1. The van der Waals surface area contributed by atoms with Crippen LogP contribution >= 0.6 is 0 Å².